The molecule has 2 N–H and O–H groups in total. The molecule has 3 heteroatoms. The Balaban J connectivity index is 2.81. The summed E-state index contributed by atoms with van der Waals surface area (Å²) in [6, 6.07) is 3.90. The summed E-state index contributed by atoms with van der Waals surface area (Å²) in [5.74, 6) is 1.59. The highest BCUT2D eigenvalue weighted by Gasteiger charge is 1.95. The third-order valence-electron chi connectivity index (χ3n) is 1.23. The third kappa shape index (κ3) is 1.64. The third-order valence-corrected chi connectivity index (χ3v) is 1.83. The Morgan fingerprint density at radius 1 is 1.70 bits per heavy atom. The van der Waals surface area contributed by atoms with Crippen LogP contribution in [0, 0.1) is 0 Å². The Morgan fingerprint density at radius 3 is 3.10 bits per heavy atom. The molecule has 2 nitrogen and oxygen atoms in total. The van der Waals surface area contributed by atoms with Gasteiger partial charge < -0.3 is 5.73 Å². The second-order valence-electron chi connectivity index (χ2n) is 1.98. The van der Waals surface area contributed by atoms with Crippen LogP contribution in [0.3, 0.4) is 0 Å². The minimum atomic E-state index is 0.650. The monoisotopic (exact) mass is 154 g/mol. The van der Waals surface area contributed by atoms with Gasteiger partial charge in [0.15, 0.2) is 0 Å². The van der Waals surface area contributed by atoms with Crippen LogP contribution < -0.4 is 5.73 Å². The zero-order valence-electron chi connectivity index (χ0n) is 5.87. The van der Waals surface area contributed by atoms with Gasteiger partial charge >= 0.3 is 0 Å². The maximum absolute atomic E-state index is 5.58. The molecule has 0 aromatic carbocycles. The Hall–Kier alpha value is -0.700. The van der Waals surface area contributed by atoms with Crippen LogP contribution in [0.25, 0.3) is 0 Å². The fourth-order valence-corrected chi connectivity index (χ4v) is 1.28. The van der Waals surface area contributed by atoms with Crippen molar-refractivity contribution in [3.63, 3.8) is 0 Å². The smallest absolute Gasteiger partial charge is 0.127 e. The summed E-state index contributed by atoms with van der Waals surface area (Å²) in [5, 5.41) is 0. The van der Waals surface area contributed by atoms with Gasteiger partial charge in [-0.3, -0.25) is 0 Å². The van der Waals surface area contributed by atoms with E-state index in [1.165, 1.54) is 0 Å². The summed E-state index contributed by atoms with van der Waals surface area (Å²) < 4.78 is 0. The molecule has 0 aliphatic rings. The van der Waals surface area contributed by atoms with Gasteiger partial charge in [-0.25, -0.2) is 4.98 Å². The summed E-state index contributed by atoms with van der Waals surface area (Å²) in [6.45, 7) is 0. The molecule has 1 aromatic heterocycles. The van der Waals surface area contributed by atoms with Crippen molar-refractivity contribution in [3.05, 3.63) is 23.9 Å². The number of thioether (sulfide) groups is 1. The maximum atomic E-state index is 5.58. The van der Waals surface area contributed by atoms with Crippen LogP contribution in [-0.4, -0.2) is 11.2 Å². The van der Waals surface area contributed by atoms with E-state index < -0.39 is 0 Å². The highest BCUT2D eigenvalue weighted by Crippen LogP contribution is 2.12. The Morgan fingerprint density at radius 2 is 2.50 bits per heavy atom. The van der Waals surface area contributed by atoms with E-state index in [0.717, 1.165) is 11.3 Å². The van der Waals surface area contributed by atoms with Crippen LogP contribution in [0.4, 0.5) is 5.82 Å². The van der Waals surface area contributed by atoms with Gasteiger partial charge in [-0.05, 0) is 12.3 Å². The minimum absolute atomic E-state index is 0.650. The molecule has 1 heterocycles. The number of nitrogens with zero attached hydrogens (tertiary/aromatic N) is 1. The SMILES string of the molecule is CSCc1cccnc1N. The van der Waals surface area contributed by atoms with Gasteiger partial charge in [-0.15, -0.1) is 0 Å². The molecular weight excluding hydrogens is 144 g/mol. The Bertz CT molecular complexity index is 213. The molecule has 0 fully saturated rings. The fraction of sp³-hybridized carbons (Fsp3) is 0.286. The highest BCUT2D eigenvalue weighted by atomic mass is 32.2. The first-order chi connectivity index (χ1) is 4.84. The number of anilines is 1. The van der Waals surface area contributed by atoms with Gasteiger partial charge in [-0.2, -0.15) is 11.8 Å². The van der Waals surface area contributed by atoms with Crippen molar-refractivity contribution in [1.82, 2.24) is 4.98 Å². The van der Waals surface area contributed by atoms with Crippen LogP contribution in [0.15, 0.2) is 18.3 Å². The van der Waals surface area contributed by atoms with E-state index in [0.29, 0.717) is 5.82 Å². The lowest BCUT2D eigenvalue weighted by Crippen LogP contribution is -1.94. The molecule has 1 aromatic rings. The molecule has 0 unspecified atom stereocenters. The lowest BCUT2D eigenvalue weighted by molar-refractivity contribution is 1.26. The molecule has 0 spiro atoms. The average molecular weight is 154 g/mol. The molecule has 0 bridgehead atoms. The molecule has 0 aliphatic carbocycles. The summed E-state index contributed by atoms with van der Waals surface area (Å²) >= 11 is 1.75. The predicted molar refractivity (Wildman–Crippen MR) is 45.9 cm³/mol. The minimum Gasteiger partial charge on any atom is -0.383 e. The molecule has 10 heavy (non-hydrogen) atoms. The fourth-order valence-electron chi connectivity index (χ4n) is 0.728. The van der Waals surface area contributed by atoms with Crippen LogP contribution in [0.5, 0.6) is 0 Å². The van der Waals surface area contributed by atoms with Gasteiger partial charge in [0, 0.05) is 17.5 Å². The molecule has 54 valence electrons. The van der Waals surface area contributed by atoms with Crippen molar-refractivity contribution in [2.45, 2.75) is 5.75 Å². The number of aromatic nitrogens is 1. The summed E-state index contributed by atoms with van der Waals surface area (Å²) in [5.41, 5.74) is 6.70. The van der Waals surface area contributed by atoms with Crippen molar-refractivity contribution >= 4 is 17.6 Å². The molecular formula is C7H10N2S. The van der Waals surface area contributed by atoms with Gasteiger partial charge in [0.2, 0.25) is 0 Å². The van der Waals surface area contributed by atoms with Crippen LogP contribution in [0.1, 0.15) is 5.56 Å². The van der Waals surface area contributed by atoms with Crippen LogP contribution in [-0.2, 0) is 5.75 Å². The van der Waals surface area contributed by atoms with Gasteiger partial charge in [0.25, 0.3) is 0 Å². The molecule has 0 atom stereocenters. The van der Waals surface area contributed by atoms with E-state index in [1.54, 1.807) is 18.0 Å². The first kappa shape index (κ1) is 7.41. The Labute approximate surface area is 64.8 Å². The van der Waals surface area contributed by atoms with Gasteiger partial charge in [-0.1, -0.05) is 6.07 Å². The summed E-state index contributed by atoms with van der Waals surface area (Å²) in [4.78, 5) is 3.96. The highest BCUT2D eigenvalue weighted by molar-refractivity contribution is 7.97. The van der Waals surface area contributed by atoms with Crippen molar-refractivity contribution in [1.29, 1.82) is 0 Å². The van der Waals surface area contributed by atoms with E-state index >= 15 is 0 Å². The number of rotatable bonds is 2. The largest absolute Gasteiger partial charge is 0.383 e. The number of pyridine rings is 1. The lowest BCUT2D eigenvalue weighted by Gasteiger charge is -1.99. The first-order valence-corrected chi connectivity index (χ1v) is 4.42. The quantitative estimate of drug-likeness (QED) is 0.702. The normalized spacial score (nSPS) is 9.70. The number of nitrogen functional groups attached to an aromatic ring is 1. The summed E-state index contributed by atoms with van der Waals surface area (Å²) in [7, 11) is 0. The lowest BCUT2D eigenvalue weighted by atomic mass is 10.3. The first-order valence-electron chi connectivity index (χ1n) is 3.03. The van der Waals surface area contributed by atoms with E-state index in [-0.39, 0.29) is 0 Å². The second kappa shape index (κ2) is 3.46. The van der Waals surface area contributed by atoms with Crippen LogP contribution in [0.2, 0.25) is 0 Å². The van der Waals surface area contributed by atoms with Crippen LogP contribution >= 0.6 is 11.8 Å². The number of nitrogens with two attached hydrogens (primary N) is 1. The zero-order valence-corrected chi connectivity index (χ0v) is 6.69. The Kier molecular flexibility index (Phi) is 2.57. The van der Waals surface area contributed by atoms with Crippen molar-refractivity contribution in [2.75, 3.05) is 12.0 Å². The van der Waals surface area contributed by atoms with E-state index in [4.69, 9.17) is 5.73 Å². The van der Waals surface area contributed by atoms with E-state index in [9.17, 15) is 0 Å². The van der Waals surface area contributed by atoms with Gasteiger partial charge in [0.1, 0.15) is 5.82 Å². The van der Waals surface area contributed by atoms with Crippen molar-refractivity contribution in [3.8, 4) is 0 Å². The molecule has 0 saturated carbocycles. The molecule has 0 amide bonds. The standard InChI is InChI=1S/C7H10N2S/c1-10-5-6-3-2-4-9-7(6)8/h2-4H,5H2,1H3,(H2,8,9). The zero-order chi connectivity index (χ0) is 7.40. The van der Waals surface area contributed by atoms with E-state index in [1.807, 2.05) is 18.4 Å². The molecule has 1 rings (SSSR count). The molecule has 0 aliphatic heterocycles. The van der Waals surface area contributed by atoms with E-state index in [2.05, 4.69) is 4.98 Å². The molecule has 0 saturated heterocycles. The number of hydrogen-bond acceptors (Lipinski definition) is 3. The average Bonchev–Trinajstić information content (AvgIpc) is 1.94. The molecule has 0 radical (unpaired) electrons. The van der Waals surface area contributed by atoms with Crippen molar-refractivity contribution in [2.24, 2.45) is 0 Å². The predicted octanol–water partition coefficient (Wildman–Crippen LogP) is 1.53. The van der Waals surface area contributed by atoms with Gasteiger partial charge in [0.05, 0.1) is 0 Å². The second-order valence-corrected chi connectivity index (χ2v) is 2.85. The van der Waals surface area contributed by atoms with Crippen molar-refractivity contribution < 1.29 is 0 Å². The number of hydrogen-bond donors (Lipinski definition) is 1. The maximum Gasteiger partial charge on any atom is 0.127 e. The topological polar surface area (TPSA) is 38.9 Å². The summed E-state index contributed by atoms with van der Waals surface area (Å²) in [6.07, 6.45) is 3.76.